The number of esters is 1. The molecule has 0 saturated heterocycles. The van der Waals surface area contributed by atoms with Crippen molar-refractivity contribution in [2.75, 3.05) is 27.2 Å². The van der Waals surface area contributed by atoms with Crippen molar-refractivity contribution in [1.29, 1.82) is 0 Å². The fraction of sp³-hybridized carbons (Fsp3) is 0.632. The van der Waals surface area contributed by atoms with Gasteiger partial charge in [0.25, 0.3) is 0 Å². The fourth-order valence-corrected chi connectivity index (χ4v) is 3.46. The van der Waals surface area contributed by atoms with E-state index in [0.29, 0.717) is 12.5 Å². The molecule has 0 radical (unpaired) electrons. The Labute approximate surface area is 134 Å². The lowest BCUT2D eigenvalue weighted by Crippen LogP contribution is -2.43. The van der Waals surface area contributed by atoms with Crippen LogP contribution < -0.4 is 0 Å². The van der Waals surface area contributed by atoms with E-state index < -0.39 is 5.41 Å². The largest absolute Gasteiger partial charge is 0.464 e. The van der Waals surface area contributed by atoms with Gasteiger partial charge in [-0.25, -0.2) is 0 Å². The number of likely N-dealkylation sites (N-methyl/N-ethyl adjacent to an activating group) is 1. The molecule has 0 spiro atoms. The molecule has 0 bridgehead atoms. The predicted octanol–water partition coefficient (Wildman–Crippen LogP) is 3.63. The predicted molar refractivity (Wildman–Crippen MR) is 89.9 cm³/mol. The highest BCUT2D eigenvalue weighted by Gasteiger charge is 2.44. The second-order valence-corrected chi connectivity index (χ2v) is 6.84. The number of hydrogen-bond donors (Lipinski definition) is 0. The summed E-state index contributed by atoms with van der Waals surface area (Å²) in [5, 5.41) is 0. The SMILES string of the molecule is CN(C)CCOC(=O)C(C)(c1ccccc1)C1CCCCC1. The number of hydrogen-bond acceptors (Lipinski definition) is 3. The van der Waals surface area contributed by atoms with Crippen molar-refractivity contribution in [3.63, 3.8) is 0 Å². The van der Waals surface area contributed by atoms with Crippen molar-refractivity contribution in [2.24, 2.45) is 5.92 Å². The Morgan fingerprint density at radius 2 is 1.82 bits per heavy atom. The molecule has 0 aliphatic heterocycles. The van der Waals surface area contributed by atoms with E-state index >= 15 is 0 Å². The van der Waals surface area contributed by atoms with Gasteiger partial charge < -0.3 is 9.64 Å². The van der Waals surface area contributed by atoms with Crippen LogP contribution in [0.2, 0.25) is 0 Å². The fourth-order valence-electron chi connectivity index (χ4n) is 3.46. The molecule has 2 rings (SSSR count). The van der Waals surface area contributed by atoms with E-state index in [0.717, 1.165) is 24.9 Å². The zero-order valence-corrected chi connectivity index (χ0v) is 14.2. The van der Waals surface area contributed by atoms with Crippen molar-refractivity contribution in [2.45, 2.75) is 44.4 Å². The highest BCUT2D eigenvalue weighted by molar-refractivity contribution is 5.83. The zero-order chi connectivity index (χ0) is 16.0. The summed E-state index contributed by atoms with van der Waals surface area (Å²) in [5.41, 5.74) is 0.574. The molecule has 1 aromatic rings. The van der Waals surface area contributed by atoms with Crippen LogP contribution in [0.25, 0.3) is 0 Å². The first-order valence-corrected chi connectivity index (χ1v) is 8.42. The Hall–Kier alpha value is -1.35. The second-order valence-electron chi connectivity index (χ2n) is 6.84. The van der Waals surface area contributed by atoms with Gasteiger partial charge in [-0.15, -0.1) is 0 Å². The van der Waals surface area contributed by atoms with Crippen LogP contribution in [0.15, 0.2) is 30.3 Å². The maximum Gasteiger partial charge on any atom is 0.316 e. The Kier molecular flexibility index (Phi) is 6.01. The molecule has 1 aromatic carbocycles. The van der Waals surface area contributed by atoms with Crippen molar-refractivity contribution in [3.05, 3.63) is 35.9 Å². The average molecular weight is 303 g/mol. The smallest absolute Gasteiger partial charge is 0.316 e. The molecule has 3 heteroatoms. The summed E-state index contributed by atoms with van der Waals surface area (Å²) in [7, 11) is 3.98. The number of rotatable bonds is 6. The number of carbonyl (C=O) groups is 1. The minimum Gasteiger partial charge on any atom is -0.464 e. The summed E-state index contributed by atoms with van der Waals surface area (Å²) in [4.78, 5) is 14.9. The Morgan fingerprint density at radius 3 is 2.41 bits per heavy atom. The van der Waals surface area contributed by atoms with E-state index in [9.17, 15) is 4.79 Å². The summed E-state index contributed by atoms with van der Waals surface area (Å²) >= 11 is 0. The topological polar surface area (TPSA) is 29.5 Å². The molecule has 122 valence electrons. The summed E-state index contributed by atoms with van der Waals surface area (Å²) in [5.74, 6) is 0.322. The highest BCUT2D eigenvalue weighted by atomic mass is 16.5. The normalized spacial score (nSPS) is 18.9. The summed E-state index contributed by atoms with van der Waals surface area (Å²) < 4.78 is 5.65. The highest BCUT2D eigenvalue weighted by Crippen LogP contribution is 2.41. The lowest BCUT2D eigenvalue weighted by Gasteiger charge is -2.38. The van der Waals surface area contributed by atoms with Crippen molar-refractivity contribution < 1.29 is 9.53 Å². The first-order chi connectivity index (χ1) is 10.5. The molecule has 1 unspecified atom stereocenters. The summed E-state index contributed by atoms with van der Waals surface area (Å²) in [6, 6.07) is 10.2. The zero-order valence-electron chi connectivity index (χ0n) is 14.2. The molecule has 1 aliphatic rings. The van der Waals surface area contributed by atoms with Crippen molar-refractivity contribution in [1.82, 2.24) is 4.90 Å². The van der Waals surface area contributed by atoms with E-state index in [2.05, 4.69) is 19.1 Å². The number of ether oxygens (including phenoxy) is 1. The van der Waals surface area contributed by atoms with Gasteiger partial charge in [0.15, 0.2) is 0 Å². The van der Waals surface area contributed by atoms with E-state index in [-0.39, 0.29) is 5.97 Å². The van der Waals surface area contributed by atoms with Gasteiger partial charge in [-0.05, 0) is 45.3 Å². The molecule has 22 heavy (non-hydrogen) atoms. The summed E-state index contributed by atoms with van der Waals surface area (Å²) in [6.07, 6.45) is 5.97. The van der Waals surface area contributed by atoms with Gasteiger partial charge in [0.1, 0.15) is 6.61 Å². The second kappa shape index (κ2) is 7.77. The van der Waals surface area contributed by atoms with Gasteiger partial charge in [0.05, 0.1) is 5.41 Å². The molecule has 0 N–H and O–H groups in total. The van der Waals surface area contributed by atoms with Crippen molar-refractivity contribution >= 4 is 5.97 Å². The lowest BCUT2D eigenvalue weighted by molar-refractivity contribution is -0.153. The van der Waals surface area contributed by atoms with Crippen LogP contribution >= 0.6 is 0 Å². The molecule has 1 atom stereocenters. The van der Waals surface area contributed by atoms with Crippen molar-refractivity contribution in [3.8, 4) is 0 Å². The number of carbonyl (C=O) groups excluding carboxylic acids is 1. The van der Waals surface area contributed by atoms with E-state index in [1.165, 1.54) is 19.3 Å². The van der Waals surface area contributed by atoms with Gasteiger partial charge in [-0.2, -0.15) is 0 Å². The van der Waals surface area contributed by atoms with Gasteiger partial charge in [-0.1, -0.05) is 49.6 Å². The van der Waals surface area contributed by atoms with E-state index in [4.69, 9.17) is 4.74 Å². The molecular weight excluding hydrogens is 274 g/mol. The molecule has 3 nitrogen and oxygen atoms in total. The molecule has 1 aliphatic carbocycles. The van der Waals surface area contributed by atoms with Crippen LogP contribution in [-0.4, -0.2) is 38.1 Å². The molecule has 1 saturated carbocycles. The molecule has 0 amide bonds. The Balaban J connectivity index is 2.19. The summed E-state index contributed by atoms with van der Waals surface area (Å²) in [6.45, 7) is 3.30. The first kappa shape index (κ1) is 17.0. The number of nitrogens with zero attached hydrogens (tertiary/aromatic N) is 1. The van der Waals surface area contributed by atoms with Crippen LogP contribution in [-0.2, 0) is 14.9 Å². The van der Waals surface area contributed by atoms with Gasteiger partial charge in [0, 0.05) is 6.54 Å². The standard InChI is InChI=1S/C19H29NO2/c1-19(16-10-6-4-7-11-16,17-12-8-5-9-13-17)18(21)22-15-14-20(2)3/h4,6-7,10-11,17H,5,8-9,12-15H2,1-3H3. The van der Waals surface area contributed by atoms with E-state index in [1.54, 1.807) is 0 Å². The first-order valence-electron chi connectivity index (χ1n) is 8.42. The Morgan fingerprint density at radius 1 is 1.18 bits per heavy atom. The quantitative estimate of drug-likeness (QED) is 0.752. The van der Waals surface area contributed by atoms with Gasteiger partial charge >= 0.3 is 5.97 Å². The van der Waals surface area contributed by atoms with E-state index in [1.807, 2.05) is 37.2 Å². The molecule has 0 aromatic heterocycles. The Bertz CT molecular complexity index is 466. The maximum absolute atomic E-state index is 12.9. The van der Waals surface area contributed by atoms with Crippen LogP contribution in [0.4, 0.5) is 0 Å². The molecular formula is C19H29NO2. The lowest BCUT2D eigenvalue weighted by atomic mass is 9.66. The maximum atomic E-state index is 12.9. The molecule has 0 heterocycles. The third-order valence-corrected chi connectivity index (χ3v) is 4.99. The van der Waals surface area contributed by atoms with Gasteiger partial charge in [-0.3, -0.25) is 4.79 Å². The van der Waals surface area contributed by atoms with Crippen LogP contribution in [0.3, 0.4) is 0 Å². The molecule has 1 fully saturated rings. The van der Waals surface area contributed by atoms with Crippen LogP contribution in [0, 0.1) is 5.92 Å². The monoisotopic (exact) mass is 303 g/mol. The third-order valence-electron chi connectivity index (χ3n) is 4.99. The van der Waals surface area contributed by atoms with Crippen LogP contribution in [0.1, 0.15) is 44.6 Å². The number of benzene rings is 1. The third kappa shape index (κ3) is 3.89. The average Bonchev–Trinajstić information content (AvgIpc) is 2.55. The van der Waals surface area contributed by atoms with Crippen LogP contribution in [0.5, 0.6) is 0 Å². The minimum absolute atomic E-state index is 0.0625. The minimum atomic E-state index is -0.520. The van der Waals surface area contributed by atoms with Gasteiger partial charge in [0.2, 0.25) is 0 Å².